The lowest BCUT2D eigenvalue weighted by Crippen LogP contribution is -2.18. The summed E-state index contributed by atoms with van der Waals surface area (Å²) in [6.07, 6.45) is 16.0. The molecule has 1 aromatic heterocycles. The lowest BCUT2D eigenvalue weighted by atomic mass is 9.83. The van der Waals surface area contributed by atoms with Gasteiger partial charge in [0.1, 0.15) is 23.2 Å². The summed E-state index contributed by atoms with van der Waals surface area (Å²) < 4.78 is 13.2. The maximum absolute atomic E-state index is 6.73. The summed E-state index contributed by atoms with van der Waals surface area (Å²) in [4.78, 5) is 0. The summed E-state index contributed by atoms with van der Waals surface area (Å²) in [5, 5.41) is 1.28. The largest absolute Gasteiger partial charge is 0.489 e. The summed E-state index contributed by atoms with van der Waals surface area (Å²) >= 11 is 0. The minimum atomic E-state index is 0.0567. The molecule has 0 spiro atoms. The van der Waals surface area contributed by atoms with E-state index < -0.39 is 0 Å². The average molecular weight is 457 g/mol. The molecule has 2 aromatic carbocycles. The van der Waals surface area contributed by atoms with E-state index in [-0.39, 0.29) is 6.10 Å². The first-order chi connectivity index (χ1) is 16.7. The van der Waals surface area contributed by atoms with Gasteiger partial charge in [-0.25, -0.2) is 0 Å². The quantitative estimate of drug-likeness (QED) is 0.353. The van der Waals surface area contributed by atoms with Crippen LogP contribution >= 0.6 is 0 Å². The van der Waals surface area contributed by atoms with Crippen LogP contribution in [-0.2, 0) is 6.42 Å². The van der Waals surface area contributed by atoms with Gasteiger partial charge in [0, 0.05) is 22.9 Å². The van der Waals surface area contributed by atoms with Crippen LogP contribution in [0.4, 0.5) is 0 Å². The van der Waals surface area contributed by atoms with Gasteiger partial charge in [-0.15, -0.1) is 0 Å². The standard InChI is InChI=1S/C32H40O2/c1-4-24-17-11-18-27(25-13-7-5-8-14-25)31(24)33-22(2)21-30-23(3)34-32-28(19-12-20-29(30)32)26-15-9-6-10-16-26/h4,11-12,17-20,22,25-26H,1,5-10,13-16,21H2,2-3H3/t22-/m0/s1. The van der Waals surface area contributed by atoms with Crippen molar-refractivity contribution in [2.24, 2.45) is 0 Å². The van der Waals surface area contributed by atoms with Gasteiger partial charge in [-0.05, 0) is 62.5 Å². The lowest BCUT2D eigenvalue weighted by Gasteiger charge is -2.27. The van der Waals surface area contributed by atoms with Gasteiger partial charge in [-0.1, -0.05) is 87.6 Å². The molecular formula is C32H40O2. The van der Waals surface area contributed by atoms with Crippen LogP contribution in [0, 0.1) is 6.92 Å². The molecule has 0 saturated heterocycles. The van der Waals surface area contributed by atoms with Gasteiger partial charge >= 0.3 is 0 Å². The van der Waals surface area contributed by atoms with Gasteiger partial charge < -0.3 is 9.15 Å². The second-order valence-electron chi connectivity index (χ2n) is 10.6. The van der Waals surface area contributed by atoms with E-state index in [9.17, 15) is 0 Å². The fourth-order valence-electron chi connectivity index (χ4n) is 6.44. The molecule has 180 valence electrons. The van der Waals surface area contributed by atoms with Crippen molar-refractivity contribution < 1.29 is 9.15 Å². The van der Waals surface area contributed by atoms with Crippen molar-refractivity contribution in [1.82, 2.24) is 0 Å². The summed E-state index contributed by atoms with van der Waals surface area (Å²) in [7, 11) is 0. The molecule has 2 fully saturated rings. The smallest absolute Gasteiger partial charge is 0.138 e. The second kappa shape index (κ2) is 10.4. The number of aryl methyl sites for hydroxylation is 1. The van der Waals surface area contributed by atoms with Crippen molar-refractivity contribution in [2.75, 3.05) is 0 Å². The van der Waals surface area contributed by atoms with E-state index in [2.05, 4.69) is 56.8 Å². The first-order valence-corrected chi connectivity index (χ1v) is 13.6. The Labute approximate surface area is 205 Å². The minimum absolute atomic E-state index is 0.0567. The number of benzene rings is 2. The van der Waals surface area contributed by atoms with Crippen LogP contribution in [0.3, 0.4) is 0 Å². The van der Waals surface area contributed by atoms with E-state index in [4.69, 9.17) is 9.15 Å². The first-order valence-electron chi connectivity index (χ1n) is 13.6. The van der Waals surface area contributed by atoms with Crippen LogP contribution in [-0.4, -0.2) is 6.10 Å². The molecular weight excluding hydrogens is 416 g/mol. The molecule has 0 amide bonds. The molecule has 5 rings (SSSR count). The third-order valence-corrected chi connectivity index (χ3v) is 8.25. The zero-order valence-electron chi connectivity index (χ0n) is 21.1. The predicted octanol–water partition coefficient (Wildman–Crippen LogP) is 9.49. The number of hydrogen-bond acceptors (Lipinski definition) is 2. The molecule has 1 heterocycles. The summed E-state index contributed by atoms with van der Waals surface area (Å²) in [6, 6.07) is 13.3. The van der Waals surface area contributed by atoms with Crippen LogP contribution in [0.1, 0.15) is 111 Å². The van der Waals surface area contributed by atoms with Crippen LogP contribution in [0.25, 0.3) is 17.0 Å². The molecule has 3 aromatic rings. The van der Waals surface area contributed by atoms with Gasteiger partial charge in [-0.3, -0.25) is 0 Å². The molecule has 0 radical (unpaired) electrons. The molecule has 2 aliphatic carbocycles. The normalized spacial score (nSPS) is 18.8. The molecule has 2 aliphatic rings. The van der Waals surface area contributed by atoms with Crippen LogP contribution in [0.5, 0.6) is 5.75 Å². The number of hydrogen-bond donors (Lipinski definition) is 0. The fourth-order valence-corrected chi connectivity index (χ4v) is 6.44. The Hall–Kier alpha value is -2.48. The number of ether oxygens (including phenoxy) is 1. The van der Waals surface area contributed by atoms with E-state index in [0.29, 0.717) is 11.8 Å². The van der Waals surface area contributed by atoms with Crippen molar-refractivity contribution in [1.29, 1.82) is 0 Å². The Balaban J connectivity index is 1.41. The Morgan fingerprint density at radius 3 is 2.21 bits per heavy atom. The molecule has 34 heavy (non-hydrogen) atoms. The van der Waals surface area contributed by atoms with Gasteiger partial charge in [-0.2, -0.15) is 0 Å². The highest BCUT2D eigenvalue weighted by molar-refractivity contribution is 5.85. The number of furan rings is 1. The van der Waals surface area contributed by atoms with Crippen molar-refractivity contribution in [3.8, 4) is 5.75 Å². The average Bonchev–Trinajstić information content (AvgIpc) is 3.20. The van der Waals surface area contributed by atoms with Crippen molar-refractivity contribution in [2.45, 2.75) is 102 Å². The SMILES string of the molecule is C=Cc1cccc(C2CCCCC2)c1O[C@@H](C)Cc1c(C)oc2c(C3CCCCC3)cccc12. The fraction of sp³-hybridized carbons (Fsp3) is 0.500. The highest BCUT2D eigenvalue weighted by atomic mass is 16.5. The maximum atomic E-state index is 6.73. The number of para-hydroxylation sites is 2. The van der Waals surface area contributed by atoms with E-state index in [1.807, 2.05) is 6.08 Å². The van der Waals surface area contributed by atoms with E-state index in [1.165, 1.54) is 86.3 Å². The first kappa shape index (κ1) is 23.3. The molecule has 2 nitrogen and oxygen atoms in total. The van der Waals surface area contributed by atoms with Crippen LogP contribution in [0.2, 0.25) is 0 Å². The van der Waals surface area contributed by atoms with Crippen LogP contribution < -0.4 is 4.74 Å². The maximum Gasteiger partial charge on any atom is 0.138 e. The predicted molar refractivity (Wildman–Crippen MR) is 143 cm³/mol. The Bertz CT molecular complexity index is 1130. The molecule has 2 saturated carbocycles. The molecule has 0 aliphatic heterocycles. The lowest BCUT2D eigenvalue weighted by molar-refractivity contribution is 0.216. The minimum Gasteiger partial charge on any atom is -0.489 e. The zero-order chi connectivity index (χ0) is 23.5. The highest BCUT2D eigenvalue weighted by Crippen LogP contribution is 2.41. The summed E-state index contributed by atoms with van der Waals surface area (Å²) in [5.74, 6) is 3.33. The molecule has 0 N–H and O–H groups in total. The van der Waals surface area contributed by atoms with Crippen molar-refractivity contribution in [3.05, 3.63) is 71.0 Å². The Kier molecular flexibility index (Phi) is 7.13. The van der Waals surface area contributed by atoms with Crippen LogP contribution in [0.15, 0.2) is 47.4 Å². The van der Waals surface area contributed by atoms with Gasteiger partial charge in [0.15, 0.2) is 0 Å². The Morgan fingerprint density at radius 2 is 1.53 bits per heavy atom. The van der Waals surface area contributed by atoms with Gasteiger partial charge in [0.25, 0.3) is 0 Å². The highest BCUT2D eigenvalue weighted by Gasteiger charge is 2.25. The summed E-state index contributed by atoms with van der Waals surface area (Å²) in [5.41, 5.74) is 6.32. The topological polar surface area (TPSA) is 22.4 Å². The number of rotatable bonds is 7. The Morgan fingerprint density at radius 1 is 0.912 bits per heavy atom. The van der Waals surface area contributed by atoms with E-state index in [0.717, 1.165) is 29.1 Å². The second-order valence-corrected chi connectivity index (χ2v) is 10.6. The van der Waals surface area contributed by atoms with E-state index >= 15 is 0 Å². The summed E-state index contributed by atoms with van der Waals surface area (Å²) in [6.45, 7) is 8.40. The third kappa shape index (κ3) is 4.69. The van der Waals surface area contributed by atoms with Crippen molar-refractivity contribution in [3.63, 3.8) is 0 Å². The third-order valence-electron chi connectivity index (χ3n) is 8.25. The molecule has 0 bridgehead atoms. The molecule has 2 heteroatoms. The van der Waals surface area contributed by atoms with Crippen molar-refractivity contribution >= 4 is 17.0 Å². The molecule has 0 unspecified atom stereocenters. The zero-order valence-corrected chi connectivity index (χ0v) is 21.1. The van der Waals surface area contributed by atoms with Gasteiger partial charge in [0.05, 0.1) is 0 Å². The van der Waals surface area contributed by atoms with E-state index in [1.54, 1.807) is 0 Å². The monoisotopic (exact) mass is 456 g/mol. The molecule has 1 atom stereocenters. The number of fused-ring (bicyclic) bond motifs is 1. The van der Waals surface area contributed by atoms with Gasteiger partial charge in [0.2, 0.25) is 0 Å².